The monoisotopic (exact) mass is 435 g/mol. The van der Waals surface area contributed by atoms with Crippen molar-refractivity contribution in [3.63, 3.8) is 0 Å². The first-order valence-electron chi connectivity index (χ1n) is 8.95. The van der Waals surface area contributed by atoms with Crippen LogP contribution < -0.4 is 5.32 Å². The normalized spacial score (nSPS) is 13.1. The lowest BCUT2D eigenvalue weighted by Gasteiger charge is -2.23. The van der Waals surface area contributed by atoms with Gasteiger partial charge < -0.3 is 9.47 Å². The zero-order valence-electron chi connectivity index (χ0n) is 17.2. The second kappa shape index (κ2) is 10.2. The van der Waals surface area contributed by atoms with Crippen molar-refractivity contribution in [2.24, 2.45) is 0 Å². The molecule has 160 valence electrons. The molecule has 0 aromatic carbocycles. The van der Waals surface area contributed by atoms with E-state index in [4.69, 9.17) is 13.7 Å². The standard InChI is InChI=1S/C18H29NO7S2/c1-7-24-16(20)14-11-12(2)13(27-14)9-8-10-15(26-28(6,22)23)19-17(21)25-18(3,4)5/h11,15H,7-10H2,1-6H3,(H,19,21). The van der Waals surface area contributed by atoms with E-state index in [1.165, 1.54) is 11.3 Å². The highest BCUT2D eigenvalue weighted by atomic mass is 32.2. The summed E-state index contributed by atoms with van der Waals surface area (Å²) >= 11 is 1.35. The number of aryl methyl sites for hydroxylation is 2. The van der Waals surface area contributed by atoms with Gasteiger partial charge in [-0.2, -0.15) is 8.42 Å². The van der Waals surface area contributed by atoms with E-state index in [9.17, 15) is 18.0 Å². The van der Waals surface area contributed by atoms with Crippen LogP contribution in [0.3, 0.4) is 0 Å². The van der Waals surface area contributed by atoms with Crippen molar-refractivity contribution < 1.29 is 31.7 Å². The zero-order valence-corrected chi connectivity index (χ0v) is 18.8. The Bertz CT molecular complexity index is 778. The number of hydrogen-bond donors (Lipinski definition) is 1. The molecule has 1 heterocycles. The number of ether oxygens (including phenoxy) is 2. The Morgan fingerprint density at radius 1 is 1.29 bits per heavy atom. The van der Waals surface area contributed by atoms with Crippen LogP contribution in [0.5, 0.6) is 0 Å². The van der Waals surface area contributed by atoms with E-state index >= 15 is 0 Å². The summed E-state index contributed by atoms with van der Waals surface area (Å²) in [6.07, 6.45) is 0.548. The van der Waals surface area contributed by atoms with Gasteiger partial charge >= 0.3 is 12.1 Å². The van der Waals surface area contributed by atoms with Gasteiger partial charge in [-0.1, -0.05) is 0 Å². The number of carbonyl (C=O) groups is 2. The summed E-state index contributed by atoms with van der Waals surface area (Å²) in [4.78, 5) is 25.3. The lowest BCUT2D eigenvalue weighted by atomic mass is 10.1. The number of thiophene rings is 1. The van der Waals surface area contributed by atoms with Gasteiger partial charge in [0.15, 0.2) is 6.23 Å². The van der Waals surface area contributed by atoms with Crippen molar-refractivity contribution >= 4 is 33.5 Å². The predicted molar refractivity (Wildman–Crippen MR) is 107 cm³/mol. The zero-order chi connectivity index (χ0) is 21.5. The SMILES string of the molecule is CCOC(=O)c1cc(C)c(CCCC(NC(=O)OC(C)(C)C)OS(C)(=O)=O)s1. The fourth-order valence-corrected chi connectivity index (χ4v) is 3.99. The molecule has 0 saturated carbocycles. The lowest BCUT2D eigenvalue weighted by molar-refractivity contribution is 0.0392. The lowest BCUT2D eigenvalue weighted by Crippen LogP contribution is -2.41. The molecule has 1 N–H and O–H groups in total. The predicted octanol–water partition coefficient (Wildman–Crippen LogP) is 3.38. The molecule has 0 aliphatic carbocycles. The molecule has 1 rings (SSSR count). The van der Waals surface area contributed by atoms with Gasteiger partial charge in [0.25, 0.3) is 10.1 Å². The molecule has 1 atom stereocenters. The molecular formula is C18H29NO7S2. The van der Waals surface area contributed by atoms with Crippen LogP contribution in [0.4, 0.5) is 4.79 Å². The average Bonchev–Trinajstić information content (AvgIpc) is 2.85. The van der Waals surface area contributed by atoms with Gasteiger partial charge in [-0.15, -0.1) is 11.3 Å². The minimum Gasteiger partial charge on any atom is -0.462 e. The van der Waals surface area contributed by atoms with Gasteiger partial charge in [0.1, 0.15) is 10.5 Å². The molecule has 0 radical (unpaired) electrons. The van der Waals surface area contributed by atoms with E-state index in [0.29, 0.717) is 24.3 Å². The third-order valence-electron chi connectivity index (χ3n) is 3.34. The number of rotatable bonds is 9. The third kappa shape index (κ3) is 9.52. The molecule has 0 aliphatic heterocycles. The van der Waals surface area contributed by atoms with Crippen LogP contribution in [0.25, 0.3) is 0 Å². The van der Waals surface area contributed by atoms with Crippen LogP contribution in [0.15, 0.2) is 6.07 Å². The minimum atomic E-state index is -3.76. The highest BCUT2D eigenvalue weighted by Gasteiger charge is 2.22. The Morgan fingerprint density at radius 3 is 2.46 bits per heavy atom. The molecule has 0 saturated heterocycles. The van der Waals surface area contributed by atoms with Crippen molar-refractivity contribution in [3.8, 4) is 0 Å². The Kier molecular flexibility index (Phi) is 8.90. The van der Waals surface area contributed by atoms with Crippen molar-refractivity contribution in [1.82, 2.24) is 5.32 Å². The summed E-state index contributed by atoms with van der Waals surface area (Å²) in [6, 6.07) is 1.78. The summed E-state index contributed by atoms with van der Waals surface area (Å²) < 4.78 is 38.0. The van der Waals surface area contributed by atoms with Crippen molar-refractivity contribution in [3.05, 3.63) is 21.4 Å². The summed E-state index contributed by atoms with van der Waals surface area (Å²) in [6.45, 7) is 9.09. The fourth-order valence-electron chi connectivity index (χ4n) is 2.31. The number of hydrogen-bond acceptors (Lipinski definition) is 8. The highest BCUT2D eigenvalue weighted by molar-refractivity contribution is 7.86. The van der Waals surface area contributed by atoms with Crippen LogP contribution in [0.1, 0.15) is 60.6 Å². The Morgan fingerprint density at radius 2 is 1.93 bits per heavy atom. The summed E-state index contributed by atoms with van der Waals surface area (Å²) in [5.41, 5.74) is 0.255. The molecule has 1 amide bonds. The molecule has 0 fully saturated rings. The van der Waals surface area contributed by atoms with Crippen LogP contribution in [-0.4, -0.2) is 45.2 Å². The Hall–Kier alpha value is -1.65. The van der Waals surface area contributed by atoms with E-state index < -0.39 is 28.0 Å². The second-order valence-electron chi connectivity index (χ2n) is 7.26. The molecular weight excluding hydrogens is 406 g/mol. The first-order valence-corrected chi connectivity index (χ1v) is 11.6. The number of amides is 1. The van der Waals surface area contributed by atoms with E-state index in [0.717, 1.165) is 16.7 Å². The summed E-state index contributed by atoms with van der Waals surface area (Å²) in [7, 11) is -3.76. The molecule has 1 unspecified atom stereocenters. The van der Waals surface area contributed by atoms with Crippen LogP contribution >= 0.6 is 11.3 Å². The maximum Gasteiger partial charge on any atom is 0.409 e. The van der Waals surface area contributed by atoms with Crippen molar-refractivity contribution in [2.75, 3.05) is 12.9 Å². The molecule has 0 spiro atoms. The molecule has 8 nitrogen and oxygen atoms in total. The van der Waals surface area contributed by atoms with Gasteiger partial charge in [-0.25, -0.2) is 13.8 Å². The van der Waals surface area contributed by atoms with E-state index in [1.807, 2.05) is 6.92 Å². The van der Waals surface area contributed by atoms with Gasteiger partial charge in [0, 0.05) is 4.88 Å². The topological polar surface area (TPSA) is 108 Å². The second-order valence-corrected chi connectivity index (χ2v) is 10.0. The smallest absolute Gasteiger partial charge is 0.409 e. The molecule has 1 aromatic rings. The van der Waals surface area contributed by atoms with Crippen molar-refractivity contribution in [2.45, 2.75) is 65.7 Å². The maximum atomic E-state index is 11.9. The average molecular weight is 436 g/mol. The van der Waals surface area contributed by atoms with Crippen LogP contribution in [-0.2, 0) is 30.2 Å². The van der Waals surface area contributed by atoms with Gasteiger partial charge in [-0.3, -0.25) is 5.32 Å². The maximum absolute atomic E-state index is 11.9. The summed E-state index contributed by atoms with van der Waals surface area (Å²) in [5.74, 6) is -0.355. The van der Waals surface area contributed by atoms with Gasteiger partial charge in [-0.05, 0) is 65.5 Å². The number of alkyl carbamates (subject to hydrolysis) is 1. The van der Waals surface area contributed by atoms with Gasteiger partial charge in [0.2, 0.25) is 0 Å². The third-order valence-corrected chi connectivity index (χ3v) is 5.19. The van der Waals surface area contributed by atoms with Crippen LogP contribution in [0.2, 0.25) is 0 Å². The molecule has 1 aromatic heterocycles. The summed E-state index contributed by atoms with van der Waals surface area (Å²) in [5, 5.41) is 2.44. The minimum absolute atomic E-state index is 0.262. The highest BCUT2D eigenvalue weighted by Crippen LogP contribution is 2.25. The largest absolute Gasteiger partial charge is 0.462 e. The van der Waals surface area contributed by atoms with E-state index in [2.05, 4.69) is 5.32 Å². The Balaban J connectivity index is 2.70. The number of esters is 1. The van der Waals surface area contributed by atoms with E-state index in [1.54, 1.807) is 33.8 Å². The number of nitrogens with one attached hydrogen (secondary N) is 1. The van der Waals surface area contributed by atoms with E-state index in [-0.39, 0.29) is 12.4 Å². The first kappa shape index (κ1) is 24.4. The Labute approximate surface area is 170 Å². The van der Waals surface area contributed by atoms with Crippen LogP contribution in [0, 0.1) is 6.92 Å². The fraction of sp³-hybridized carbons (Fsp3) is 0.667. The van der Waals surface area contributed by atoms with Gasteiger partial charge in [0.05, 0.1) is 12.9 Å². The first-order chi connectivity index (χ1) is 12.8. The van der Waals surface area contributed by atoms with Crippen molar-refractivity contribution in [1.29, 1.82) is 0 Å². The molecule has 10 heteroatoms. The molecule has 28 heavy (non-hydrogen) atoms. The number of carbonyl (C=O) groups excluding carboxylic acids is 2. The molecule has 0 bridgehead atoms. The molecule has 0 aliphatic rings. The quantitative estimate of drug-likeness (QED) is 0.360.